The number of benzene rings is 1. The summed E-state index contributed by atoms with van der Waals surface area (Å²) in [6, 6.07) is 10.4. The standard InChI is InChI=1S/C17H24O2/c1-13-15-9-10-16(13,2)19-17(15,3)12-18-11-14-7-5-4-6-8-14/h4-8,13,15H,9-12H2,1-3H3. The monoisotopic (exact) mass is 260 g/mol. The lowest BCUT2D eigenvalue weighted by Crippen LogP contribution is -2.42. The van der Waals surface area contributed by atoms with Gasteiger partial charge in [0.15, 0.2) is 0 Å². The Hall–Kier alpha value is -0.860. The molecule has 104 valence electrons. The SMILES string of the molecule is CC1C2CCC1(C)OC2(C)COCc1ccccc1. The fraction of sp³-hybridized carbons (Fsp3) is 0.647. The van der Waals surface area contributed by atoms with Gasteiger partial charge in [0, 0.05) is 0 Å². The van der Waals surface area contributed by atoms with Crippen LogP contribution >= 0.6 is 0 Å². The Bertz CT molecular complexity index is 444. The molecular weight excluding hydrogens is 236 g/mol. The molecule has 4 atom stereocenters. The maximum absolute atomic E-state index is 6.36. The minimum Gasteiger partial charge on any atom is -0.374 e. The fourth-order valence-electron chi connectivity index (χ4n) is 4.01. The minimum atomic E-state index is -0.0960. The van der Waals surface area contributed by atoms with Gasteiger partial charge in [0.1, 0.15) is 0 Å². The van der Waals surface area contributed by atoms with Gasteiger partial charge in [-0.3, -0.25) is 0 Å². The maximum atomic E-state index is 6.36. The van der Waals surface area contributed by atoms with Crippen LogP contribution in [-0.4, -0.2) is 17.8 Å². The average Bonchev–Trinajstić information content (AvgIpc) is 2.76. The number of ether oxygens (including phenoxy) is 2. The first-order valence-electron chi connectivity index (χ1n) is 7.35. The van der Waals surface area contributed by atoms with Crippen molar-refractivity contribution in [1.82, 2.24) is 0 Å². The molecule has 2 fully saturated rings. The normalized spacial score (nSPS) is 40.8. The topological polar surface area (TPSA) is 18.5 Å². The van der Waals surface area contributed by atoms with Gasteiger partial charge in [-0.1, -0.05) is 37.3 Å². The lowest BCUT2D eigenvalue weighted by molar-refractivity contribution is -0.156. The Morgan fingerprint density at radius 2 is 2.00 bits per heavy atom. The molecule has 1 aliphatic heterocycles. The second kappa shape index (κ2) is 4.60. The molecule has 3 rings (SSSR count). The molecule has 0 spiro atoms. The van der Waals surface area contributed by atoms with Gasteiger partial charge in [-0.05, 0) is 44.1 Å². The van der Waals surface area contributed by atoms with Crippen LogP contribution in [0.1, 0.15) is 39.2 Å². The Kier molecular flexibility index (Phi) is 3.18. The zero-order valence-corrected chi connectivity index (χ0v) is 12.2. The molecule has 1 aliphatic carbocycles. The van der Waals surface area contributed by atoms with Gasteiger partial charge in [-0.2, -0.15) is 0 Å². The highest BCUT2D eigenvalue weighted by molar-refractivity contribution is 5.13. The molecule has 1 aromatic rings. The van der Waals surface area contributed by atoms with E-state index in [4.69, 9.17) is 9.47 Å². The van der Waals surface area contributed by atoms with Crippen molar-refractivity contribution in [2.45, 2.75) is 51.4 Å². The summed E-state index contributed by atoms with van der Waals surface area (Å²) in [5.41, 5.74) is 1.21. The third kappa shape index (κ3) is 2.21. The van der Waals surface area contributed by atoms with Crippen LogP contribution in [0.25, 0.3) is 0 Å². The third-order valence-electron chi connectivity index (χ3n) is 5.27. The Morgan fingerprint density at radius 1 is 1.26 bits per heavy atom. The van der Waals surface area contributed by atoms with Crippen molar-refractivity contribution in [2.75, 3.05) is 6.61 Å². The highest BCUT2D eigenvalue weighted by atomic mass is 16.6. The zero-order valence-electron chi connectivity index (χ0n) is 12.2. The second-order valence-electron chi connectivity index (χ2n) is 6.64. The molecule has 2 nitrogen and oxygen atoms in total. The van der Waals surface area contributed by atoms with Crippen molar-refractivity contribution >= 4 is 0 Å². The molecule has 19 heavy (non-hydrogen) atoms. The summed E-state index contributed by atoms with van der Waals surface area (Å²) in [4.78, 5) is 0. The molecule has 0 radical (unpaired) electrons. The first kappa shape index (κ1) is 13.1. The Balaban J connectivity index is 1.59. The summed E-state index contributed by atoms with van der Waals surface area (Å²) < 4.78 is 12.3. The molecule has 1 saturated carbocycles. The lowest BCUT2D eigenvalue weighted by Gasteiger charge is -2.36. The summed E-state index contributed by atoms with van der Waals surface area (Å²) in [5.74, 6) is 1.30. The average molecular weight is 260 g/mol. The van der Waals surface area contributed by atoms with Crippen LogP contribution in [0.15, 0.2) is 30.3 Å². The molecule has 1 heterocycles. The summed E-state index contributed by atoms with van der Waals surface area (Å²) in [7, 11) is 0. The zero-order chi connectivity index (χ0) is 13.5. The molecule has 2 bridgehead atoms. The predicted molar refractivity (Wildman–Crippen MR) is 75.9 cm³/mol. The van der Waals surface area contributed by atoms with E-state index >= 15 is 0 Å². The van der Waals surface area contributed by atoms with E-state index in [0.29, 0.717) is 25.0 Å². The van der Waals surface area contributed by atoms with Gasteiger partial charge < -0.3 is 9.47 Å². The highest BCUT2D eigenvalue weighted by Gasteiger charge is 2.60. The van der Waals surface area contributed by atoms with Crippen LogP contribution in [0, 0.1) is 11.8 Å². The van der Waals surface area contributed by atoms with Crippen LogP contribution in [0.5, 0.6) is 0 Å². The highest BCUT2D eigenvalue weighted by Crippen LogP contribution is 2.57. The minimum absolute atomic E-state index is 0.0789. The molecule has 4 unspecified atom stereocenters. The van der Waals surface area contributed by atoms with E-state index in [1.165, 1.54) is 18.4 Å². The maximum Gasteiger partial charge on any atom is 0.0926 e. The van der Waals surface area contributed by atoms with E-state index in [1.54, 1.807) is 0 Å². The van der Waals surface area contributed by atoms with Crippen LogP contribution in [-0.2, 0) is 16.1 Å². The van der Waals surface area contributed by atoms with Crippen LogP contribution in [0.4, 0.5) is 0 Å². The first-order chi connectivity index (χ1) is 9.04. The van der Waals surface area contributed by atoms with E-state index in [0.717, 1.165) is 0 Å². The molecular formula is C17H24O2. The van der Waals surface area contributed by atoms with Crippen molar-refractivity contribution in [3.8, 4) is 0 Å². The van der Waals surface area contributed by atoms with Crippen LogP contribution < -0.4 is 0 Å². The van der Waals surface area contributed by atoms with Crippen molar-refractivity contribution in [3.63, 3.8) is 0 Å². The Labute approximate surface area is 116 Å². The number of rotatable bonds is 4. The van der Waals surface area contributed by atoms with Gasteiger partial charge in [-0.15, -0.1) is 0 Å². The molecule has 1 saturated heterocycles. The first-order valence-corrected chi connectivity index (χ1v) is 7.35. The predicted octanol–water partition coefficient (Wildman–Crippen LogP) is 3.80. The molecule has 2 heteroatoms. The quantitative estimate of drug-likeness (QED) is 0.820. The number of fused-ring (bicyclic) bond motifs is 2. The van der Waals surface area contributed by atoms with Crippen LogP contribution in [0.3, 0.4) is 0 Å². The number of hydrogen-bond acceptors (Lipinski definition) is 2. The van der Waals surface area contributed by atoms with Gasteiger partial charge >= 0.3 is 0 Å². The largest absolute Gasteiger partial charge is 0.374 e. The lowest BCUT2D eigenvalue weighted by atomic mass is 9.83. The summed E-state index contributed by atoms with van der Waals surface area (Å²) in [6.45, 7) is 8.20. The molecule has 0 amide bonds. The van der Waals surface area contributed by atoms with Gasteiger partial charge in [-0.25, -0.2) is 0 Å². The van der Waals surface area contributed by atoms with E-state index < -0.39 is 0 Å². The van der Waals surface area contributed by atoms with E-state index in [-0.39, 0.29) is 11.2 Å². The fourth-order valence-corrected chi connectivity index (χ4v) is 4.01. The van der Waals surface area contributed by atoms with Gasteiger partial charge in [0.05, 0.1) is 24.4 Å². The van der Waals surface area contributed by atoms with Gasteiger partial charge in [0.2, 0.25) is 0 Å². The van der Waals surface area contributed by atoms with Crippen molar-refractivity contribution in [3.05, 3.63) is 35.9 Å². The molecule has 2 aliphatic rings. The second-order valence-corrected chi connectivity index (χ2v) is 6.64. The van der Waals surface area contributed by atoms with Crippen molar-refractivity contribution < 1.29 is 9.47 Å². The van der Waals surface area contributed by atoms with Crippen molar-refractivity contribution in [2.24, 2.45) is 11.8 Å². The molecule has 0 aromatic heterocycles. The van der Waals surface area contributed by atoms with E-state index in [9.17, 15) is 0 Å². The summed E-state index contributed by atoms with van der Waals surface area (Å²) >= 11 is 0. The third-order valence-corrected chi connectivity index (χ3v) is 5.27. The van der Waals surface area contributed by atoms with E-state index in [1.807, 2.05) is 6.07 Å². The number of hydrogen-bond donors (Lipinski definition) is 0. The summed E-state index contributed by atoms with van der Waals surface area (Å²) in [6.07, 6.45) is 2.48. The van der Waals surface area contributed by atoms with Crippen LogP contribution in [0.2, 0.25) is 0 Å². The molecule has 1 aromatic carbocycles. The van der Waals surface area contributed by atoms with E-state index in [2.05, 4.69) is 45.0 Å². The van der Waals surface area contributed by atoms with Crippen molar-refractivity contribution in [1.29, 1.82) is 0 Å². The summed E-state index contributed by atoms with van der Waals surface area (Å²) in [5, 5.41) is 0. The Morgan fingerprint density at radius 3 is 2.58 bits per heavy atom. The van der Waals surface area contributed by atoms with Gasteiger partial charge in [0.25, 0.3) is 0 Å². The molecule has 0 N–H and O–H groups in total. The smallest absolute Gasteiger partial charge is 0.0926 e.